The molecule has 0 saturated heterocycles. The van der Waals surface area contributed by atoms with E-state index in [0.717, 1.165) is 5.56 Å². The molecule has 1 aromatic carbocycles. The number of carbonyl (C=O) groups is 1. The van der Waals surface area contributed by atoms with Crippen LogP contribution in [0.5, 0.6) is 0 Å². The van der Waals surface area contributed by atoms with Gasteiger partial charge in [0.25, 0.3) is 0 Å². The molecule has 5 nitrogen and oxygen atoms in total. The lowest BCUT2D eigenvalue weighted by molar-refractivity contribution is -0.116. The molecule has 2 aromatic rings. The summed E-state index contributed by atoms with van der Waals surface area (Å²) in [6, 6.07) is 10.7. The molecule has 0 aliphatic heterocycles. The van der Waals surface area contributed by atoms with Gasteiger partial charge in [-0.2, -0.15) is 0 Å². The number of carbonyl (C=O) groups excluding carboxylic acids is 1. The number of nitrogen functional groups attached to an aromatic ring is 1. The third kappa shape index (κ3) is 3.93. The van der Waals surface area contributed by atoms with Crippen molar-refractivity contribution >= 4 is 29.0 Å². The first-order valence-electron chi connectivity index (χ1n) is 5.77. The number of nitrogens with two attached hydrogens (primary N) is 1. The van der Waals surface area contributed by atoms with E-state index in [1.54, 1.807) is 12.1 Å². The Hall–Kier alpha value is -2.14. The molecule has 1 amide bonds. The number of anilines is 2. The molecule has 0 unspecified atom stereocenters. The average molecular weight is 277 g/mol. The SMILES string of the molecule is Nc1ccccc1CCC(=O)Nc1ccc(Cl)nn1. The molecular formula is C13H13ClN4O. The maximum absolute atomic E-state index is 11.7. The van der Waals surface area contributed by atoms with Crippen molar-refractivity contribution in [1.82, 2.24) is 10.2 Å². The molecule has 0 fully saturated rings. The molecular weight excluding hydrogens is 264 g/mol. The zero-order valence-electron chi connectivity index (χ0n) is 10.1. The molecule has 6 heteroatoms. The molecule has 1 aromatic heterocycles. The molecule has 0 aliphatic rings. The average Bonchev–Trinajstić information content (AvgIpc) is 2.40. The van der Waals surface area contributed by atoms with Crippen molar-refractivity contribution in [2.45, 2.75) is 12.8 Å². The van der Waals surface area contributed by atoms with Gasteiger partial charge in [0.15, 0.2) is 11.0 Å². The van der Waals surface area contributed by atoms with Crippen LogP contribution in [0, 0.1) is 0 Å². The fraction of sp³-hybridized carbons (Fsp3) is 0.154. The molecule has 2 rings (SSSR count). The second kappa shape index (κ2) is 6.15. The van der Waals surface area contributed by atoms with Crippen molar-refractivity contribution < 1.29 is 4.79 Å². The van der Waals surface area contributed by atoms with E-state index in [9.17, 15) is 4.79 Å². The Kier molecular flexibility index (Phi) is 4.30. The first-order valence-corrected chi connectivity index (χ1v) is 6.15. The lowest BCUT2D eigenvalue weighted by Crippen LogP contribution is -2.14. The predicted octanol–water partition coefficient (Wildman–Crippen LogP) is 2.28. The molecule has 98 valence electrons. The van der Waals surface area contributed by atoms with Crippen LogP contribution in [0.25, 0.3) is 0 Å². The highest BCUT2D eigenvalue weighted by atomic mass is 35.5. The molecule has 0 atom stereocenters. The van der Waals surface area contributed by atoms with Crippen molar-refractivity contribution in [2.24, 2.45) is 0 Å². The second-order valence-electron chi connectivity index (χ2n) is 3.99. The van der Waals surface area contributed by atoms with Crippen molar-refractivity contribution in [2.75, 3.05) is 11.1 Å². The molecule has 0 saturated carbocycles. The molecule has 3 N–H and O–H groups in total. The summed E-state index contributed by atoms with van der Waals surface area (Å²) in [6.45, 7) is 0. The topological polar surface area (TPSA) is 80.9 Å². The minimum Gasteiger partial charge on any atom is -0.399 e. The van der Waals surface area contributed by atoms with E-state index in [0.29, 0.717) is 24.3 Å². The summed E-state index contributed by atoms with van der Waals surface area (Å²) in [4.78, 5) is 11.7. The Morgan fingerprint density at radius 1 is 1.21 bits per heavy atom. The summed E-state index contributed by atoms with van der Waals surface area (Å²) < 4.78 is 0. The predicted molar refractivity (Wildman–Crippen MR) is 74.8 cm³/mol. The van der Waals surface area contributed by atoms with Crippen LogP contribution < -0.4 is 11.1 Å². The number of hydrogen-bond donors (Lipinski definition) is 2. The van der Waals surface area contributed by atoms with E-state index in [2.05, 4.69) is 15.5 Å². The monoisotopic (exact) mass is 276 g/mol. The molecule has 0 bridgehead atoms. The van der Waals surface area contributed by atoms with Gasteiger partial charge in [0, 0.05) is 12.1 Å². The van der Waals surface area contributed by atoms with Crippen LogP contribution in [0.15, 0.2) is 36.4 Å². The van der Waals surface area contributed by atoms with E-state index in [1.165, 1.54) is 0 Å². The van der Waals surface area contributed by atoms with Gasteiger partial charge in [-0.05, 0) is 30.2 Å². The van der Waals surface area contributed by atoms with Gasteiger partial charge in [-0.25, -0.2) is 0 Å². The Labute approximate surface area is 115 Å². The maximum Gasteiger partial charge on any atom is 0.225 e. The first kappa shape index (κ1) is 13.3. The number of rotatable bonds is 4. The summed E-state index contributed by atoms with van der Waals surface area (Å²) in [7, 11) is 0. The highest BCUT2D eigenvalue weighted by Crippen LogP contribution is 2.13. The number of nitrogens with one attached hydrogen (secondary N) is 1. The van der Waals surface area contributed by atoms with Crippen molar-refractivity contribution in [3.05, 3.63) is 47.1 Å². The number of hydrogen-bond acceptors (Lipinski definition) is 4. The second-order valence-corrected chi connectivity index (χ2v) is 4.38. The minimum atomic E-state index is -0.139. The highest BCUT2D eigenvalue weighted by molar-refractivity contribution is 6.29. The number of para-hydroxylation sites is 1. The van der Waals surface area contributed by atoms with Gasteiger partial charge in [0.2, 0.25) is 5.91 Å². The van der Waals surface area contributed by atoms with Gasteiger partial charge in [-0.1, -0.05) is 29.8 Å². The molecule has 1 heterocycles. The summed E-state index contributed by atoms with van der Waals surface area (Å²) in [5, 5.41) is 10.3. The summed E-state index contributed by atoms with van der Waals surface area (Å²) in [5.41, 5.74) is 7.46. The summed E-state index contributed by atoms with van der Waals surface area (Å²) >= 11 is 5.61. The fourth-order valence-electron chi connectivity index (χ4n) is 1.60. The van der Waals surface area contributed by atoms with E-state index < -0.39 is 0 Å². The van der Waals surface area contributed by atoms with Gasteiger partial charge in [0.1, 0.15) is 0 Å². The fourth-order valence-corrected chi connectivity index (χ4v) is 1.70. The first-order chi connectivity index (χ1) is 9.15. The third-order valence-corrected chi connectivity index (χ3v) is 2.78. The van der Waals surface area contributed by atoms with Crippen LogP contribution in [0.2, 0.25) is 5.15 Å². The van der Waals surface area contributed by atoms with E-state index in [1.807, 2.05) is 24.3 Å². The van der Waals surface area contributed by atoms with Gasteiger partial charge >= 0.3 is 0 Å². The third-order valence-electron chi connectivity index (χ3n) is 2.58. The number of aryl methyl sites for hydroxylation is 1. The van der Waals surface area contributed by atoms with E-state index in [-0.39, 0.29) is 11.1 Å². The molecule has 0 spiro atoms. The van der Waals surface area contributed by atoms with Crippen LogP contribution >= 0.6 is 11.6 Å². The molecule has 0 radical (unpaired) electrons. The van der Waals surface area contributed by atoms with Crippen LogP contribution in [-0.4, -0.2) is 16.1 Å². The molecule has 0 aliphatic carbocycles. The Morgan fingerprint density at radius 3 is 2.68 bits per heavy atom. The van der Waals surface area contributed by atoms with Crippen LogP contribution in [0.1, 0.15) is 12.0 Å². The highest BCUT2D eigenvalue weighted by Gasteiger charge is 2.06. The Bertz CT molecular complexity index is 571. The molecule has 19 heavy (non-hydrogen) atoms. The lowest BCUT2D eigenvalue weighted by atomic mass is 10.1. The maximum atomic E-state index is 11.7. The van der Waals surface area contributed by atoms with Crippen molar-refractivity contribution in [1.29, 1.82) is 0 Å². The van der Waals surface area contributed by atoms with Gasteiger partial charge in [0.05, 0.1) is 0 Å². The standard InChI is InChI=1S/C13H13ClN4O/c14-11-6-7-12(18-17-11)16-13(19)8-5-9-3-1-2-4-10(9)15/h1-4,6-7H,5,8,15H2,(H,16,18,19). The smallest absolute Gasteiger partial charge is 0.225 e. The Balaban J connectivity index is 1.88. The van der Waals surface area contributed by atoms with Gasteiger partial charge in [-0.15, -0.1) is 10.2 Å². The quantitative estimate of drug-likeness (QED) is 0.840. The number of benzene rings is 1. The summed E-state index contributed by atoms with van der Waals surface area (Å²) in [5.74, 6) is 0.246. The number of nitrogens with zero attached hydrogens (tertiary/aromatic N) is 2. The Morgan fingerprint density at radius 2 is 2.00 bits per heavy atom. The zero-order chi connectivity index (χ0) is 13.7. The van der Waals surface area contributed by atoms with Crippen molar-refractivity contribution in [3.8, 4) is 0 Å². The normalized spacial score (nSPS) is 10.2. The van der Waals surface area contributed by atoms with Crippen LogP contribution in [0.4, 0.5) is 11.5 Å². The zero-order valence-corrected chi connectivity index (χ0v) is 10.9. The van der Waals surface area contributed by atoms with Crippen LogP contribution in [0.3, 0.4) is 0 Å². The number of aromatic nitrogens is 2. The van der Waals surface area contributed by atoms with E-state index >= 15 is 0 Å². The lowest BCUT2D eigenvalue weighted by Gasteiger charge is -2.06. The summed E-state index contributed by atoms with van der Waals surface area (Å²) in [6.07, 6.45) is 0.915. The number of halogens is 1. The number of amides is 1. The van der Waals surface area contributed by atoms with Crippen LogP contribution in [-0.2, 0) is 11.2 Å². The minimum absolute atomic E-state index is 0.139. The van der Waals surface area contributed by atoms with E-state index in [4.69, 9.17) is 17.3 Å². The largest absolute Gasteiger partial charge is 0.399 e. The van der Waals surface area contributed by atoms with Crippen molar-refractivity contribution in [3.63, 3.8) is 0 Å². The van der Waals surface area contributed by atoms with Gasteiger partial charge < -0.3 is 11.1 Å². The van der Waals surface area contributed by atoms with Gasteiger partial charge in [-0.3, -0.25) is 4.79 Å².